The maximum absolute atomic E-state index is 5.65. The number of benzene rings is 6. The lowest BCUT2D eigenvalue weighted by atomic mass is 9.83. The average molecular weight is 892 g/mol. The van der Waals surface area contributed by atoms with E-state index >= 15 is 0 Å². The van der Waals surface area contributed by atoms with Crippen LogP contribution in [-0.4, -0.2) is 24.5 Å². The second kappa shape index (κ2) is 16.5. The SMILES string of the molecule is CC(C)(C)c1ccc2c(c1)-c1cc(C(C)(C)C)ccc1C2c1ncc(-n2c3ccc(C(C)(C)C)cc3c3cc(C(C)(C)C)ccc32)cc1CCc1nc(-c2ccccc2)nc(-c2ccccc2)n1. The number of rotatable bonds is 7. The second-order valence-electron chi connectivity index (χ2n) is 23.2. The minimum Gasteiger partial charge on any atom is -0.308 e. The van der Waals surface area contributed by atoms with Crippen LogP contribution < -0.4 is 0 Å². The highest BCUT2D eigenvalue weighted by Gasteiger charge is 2.35. The first-order valence-corrected chi connectivity index (χ1v) is 24.5. The Morgan fingerprint density at radius 3 is 1.31 bits per heavy atom. The molecular formula is C63H65N5. The fraction of sp³-hybridized carbons (Fsp3) is 0.302. The highest BCUT2D eigenvalue weighted by molar-refractivity contribution is 6.10. The van der Waals surface area contributed by atoms with Crippen LogP contribution in [0.15, 0.2) is 146 Å². The Bertz CT molecular complexity index is 3170. The van der Waals surface area contributed by atoms with Gasteiger partial charge in [-0.05, 0) is 108 Å². The van der Waals surface area contributed by atoms with Crippen LogP contribution in [0.2, 0.25) is 0 Å². The van der Waals surface area contributed by atoms with Gasteiger partial charge < -0.3 is 4.57 Å². The maximum atomic E-state index is 5.65. The standard InChI is InChI=1S/C63H65N5/c1-60(2,3)42-24-28-47-49(34-42)50-35-43(61(4,5)6)25-29-48(50)56(47)57-41(23-32-55-65-58(39-19-15-13-16-20-39)67-59(66-55)40-21-17-14-18-22-40)33-46(38-64-57)68-53-30-26-44(62(7,8)9)36-51(53)52-37-45(63(10,11)12)27-31-54(52)68/h13-22,24-31,33-38,56H,23,32H2,1-12H3. The normalized spacial score (nSPS) is 13.4. The van der Waals surface area contributed by atoms with E-state index in [9.17, 15) is 0 Å². The molecule has 9 aromatic rings. The molecule has 10 rings (SSSR count). The summed E-state index contributed by atoms with van der Waals surface area (Å²) in [6.45, 7) is 27.6. The van der Waals surface area contributed by atoms with Gasteiger partial charge >= 0.3 is 0 Å². The molecule has 3 heterocycles. The topological polar surface area (TPSA) is 56.5 Å². The summed E-state index contributed by atoms with van der Waals surface area (Å²) >= 11 is 0. The third-order valence-corrected chi connectivity index (χ3v) is 14.1. The zero-order valence-electron chi connectivity index (χ0n) is 42.1. The molecule has 0 saturated carbocycles. The molecule has 0 bridgehead atoms. The van der Waals surface area contributed by atoms with Gasteiger partial charge in [-0.25, -0.2) is 15.0 Å². The van der Waals surface area contributed by atoms with Crippen molar-refractivity contribution < 1.29 is 0 Å². The van der Waals surface area contributed by atoms with Crippen LogP contribution in [0.4, 0.5) is 0 Å². The molecule has 1 aliphatic rings. The largest absolute Gasteiger partial charge is 0.308 e. The molecule has 0 aliphatic heterocycles. The molecule has 0 unspecified atom stereocenters. The lowest BCUT2D eigenvalue weighted by Gasteiger charge is -2.22. The van der Waals surface area contributed by atoms with Crippen LogP contribution in [0.25, 0.3) is 61.4 Å². The summed E-state index contributed by atoms with van der Waals surface area (Å²) in [5.41, 5.74) is 18.2. The molecule has 0 N–H and O–H groups in total. The van der Waals surface area contributed by atoms with Crippen molar-refractivity contribution in [2.45, 2.75) is 124 Å². The zero-order chi connectivity index (χ0) is 47.9. The summed E-state index contributed by atoms with van der Waals surface area (Å²) in [6.07, 6.45) is 3.42. The number of nitrogens with zero attached hydrogens (tertiary/aromatic N) is 5. The minimum absolute atomic E-state index is 0.00528. The Balaban J connectivity index is 1.19. The molecule has 68 heavy (non-hydrogen) atoms. The van der Waals surface area contributed by atoms with Crippen molar-refractivity contribution in [1.82, 2.24) is 24.5 Å². The van der Waals surface area contributed by atoms with Crippen molar-refractivity contribution in [3.8, 4) is 39.6 Å². The van der Waals surface area contributed by atoms with Gasteiger partial charge in [-0.3, -0.25) is 4.98 Å². The van der Waals surface area contributed by atoms with Crippen LogP contribution in [0.1, 0.15) is 139 Å². The van der Waals surface area contributed by atoms with E-state index in [1.165, 1.54) is 71.9 Å². The number of fused-ring (bicyclic) bond motifs is 6. The minimum atomic E-state index is -0.0490. The Morgan fingerprint density at radius 2 is 0.868 bits per heavy atom. The van der Waals surface area contributed by atoms with Crippen LogP contribution in [-0.2, 0) is 34.5 Å². The second-order valence-corrected chi connectivity index (χ2v) is 23.2. The van der Waals surface area contributed by atoms with Crippen molar-refractivity contribution in [2.75, 3.05) is 0 Å². The fourth-order valence-corrected chi connectivity index (χ4v) is 10.0. The van der Waals surface area contributed by atoms with Crippen LogP contribution in [0.3, 0.4) is 0 Å². The Hall–Kier alpha value is -6.72. The van der Waals surface area contributed by atoms with Gasteiger partial charge in [0.2, 0.25) is 0 Å². The third kappa shape index (κ3) is 8.35. The predicted octanol–water partition coefficient (Wildman–Crippen LogP) is 15.8. The van der Waals surface area contributed by atoms with Crippen LogP contribution in [0, 0.1) is 0 Å². The van der Waals surface area contributed by atoms with Crippen molar-refractivity contribution >= 4 is 21.8 Å². The predicted molar refractivity (Wildman–Crippen MR) is 284 cm³/mol. The molecule has 0 amide bonds. The molecule has 5 nitrogen and oxygen atoms in total. The Morgan fingerprint density at radius 1 is 0.441 bits per heavy atom. The molecule has 1 aliphatic carbocycles. The van der Waals surface area contributed by atoms with Crippen LogP contribution in [0.5, 0.6) is 0 Å². The van der Waals surface area contributed by atoms with E-state index in [0.29, 0.717) is 24.5 Å². The highest BCUT2D eigenvalue weighted by Crippen LogP contribution is 2.51. The maximum Gasteiger partial charge on any atom is 0.163 e. The van der Waals surface area contributed by atoms with Crippen molar-refractivity contribution in [1.29, 1.82) is 0 Å². The molecule has 0 fully saturated rings. The Labute approximate surface area is 403 Å². The fourth-order valence-electron chi connectivity index (χ4n) is 10.0. The molecular weight excluding hydrogens is 827 g/mol. The van der Waals surface area contributed by atoms with Gasteiger partial charge in [0, 0.05) is 28.3 Å². The molecule has 0 atom stereocenters. The van der Waals surface area contributed by atoms with Gasteiger partial charge in [-0.15, -0.1) is 0 Å². The van der Waals surface area contributed by atoms with Gasteiger partial charge in [0.1, 0.15) is 5.82 Å². The van der Waals surface area contributed by atoms with Crippen LogP contribution >= 0.6 is 0 Å². The van der Waals surface area contributed by atoms with Crippen molar-refractivity contribution in [2.24, 2.45) is 0 Å². The number of hydrogen-bond donors (Lipinski definition) is 0. The van der Waals surface area contributed by atoms with Gasteiger partial charge in [0.25, 0.3) is 0 Å². The molecule has 0 saturated heterocycles. The first-order valence-electron chi connectivity index (χ1n) is 24.5. The summed E-state index contributed by atoms with van der Waals surface area (Å²) < 4.78 is 2.44. The monoisotopic (exact) mass is 892 g/mol. The quantitative estimate of drug-likeness (QED) is 0.160. The van der Waals surface area contributed by atoms with Gasteiger partial charge in [-0.2, -0.15) is 0 Å². The molecule has 0 spiro atoms. The van der Waals surface area contributed by atoms with E-state index < -0.39 is 0 Å². The van der Waals surface area contributed by atoms with Gasteiger partial charge in [0.05, 0.1) is 34.5 Å². The first kappa shape index (κ1) is 45.1. The van der Waals surface area contributed by atoms with Crippen molar-refractivity contribution in [3.05, 3.63) is 196 Å². The van der Waals surface area contributed by atoms with Crippen molar-refractivity contribution in [3.63, 3.8) is 0 Å². The number of hydrogen-bond acceptors (Lipinski definition) is 4. The number of aromatic nitrogens is 5. The molecule has 6 aromatic carbocycles. The summed E-state index contributed by atoms with van der Waals surface area (Å²) in [5.74, 6) is 2.07. The average Bonchev–Trinajstić information content (AvgIpc) is 3.81. The zero-order valence-corrected chi connectivity index (χ0v) is 42.1. The first-order chi connectivity index (χ1) is 32.2. The molecule has 342 valence electrons. The van der Waals surface area contributed by atoms with E-state index in [0.717, 1.165) is 28.3 Å². The summed E-state index contributed by atoms with van der Waals surface area (Å²) in [4.78, 5) is 21.0. The Kier molecular flexibility index (Phi) is 10.9. The summed E-state index contributed by atoms with van der Waals surface area (Å²) in [5, 5.41) is 2.53. The summed E-state index contributed by atoms with van der Waals surface area (Å²) in [6, 6.07) is 51.4. The van der Waals surface area contributed by atoms with E-state index in [2.05, 4.69) is 197 Å². The highest BCUT2D eigenvalue weighted by atomic mass is 15.0. The lowest BCUT2D eigenvalue weighted by molar-refractivity contribution is 0.589. The van der Waals surface area contributed by atoms with E-state index in [1.54, 1.807) is 0 Å². The van der Waals surface area contributed by atoms with Gasteiger partial charge in [0.15, 0.2) is 11.6 Å². The number of pyridine rings is 1. The molecule has 5 heteroatoms. The van der Waals surface area contributed by atoms with E-state index in [4.69, 9.17) is 19.9 Å². The van der Waals surface area contributed by atoms with Gasteiger partial charge in [-0.1, -0.05) is 192 Å². The molecule has 0 radical (unpaired) electrons. The number of aryl methyl sites for hydroxylation is 2. The third-order valence-electron chi connectivity index (χ3n) is 14.1. The summed E-state index contributed by atoms with van der Waals surface area (Å²) in [7, 11) is 0. The van der Waals surface area contributed by atoms with E-state index in [1.807, 2.05) is 36.4 Å². The smallest absolute Gasteiger partial charge is 0.163 e. The molecule has 3 aromatic heterocycles. The van der Waals surface area contributed by atoms with E-state index in [-0.39, 0.29) is 27.6 Å². The lowest BCUT2D eigenvalue weighted by Crippen LogP contribution is -2.13.